The van der Waals surface area contributed by atoms with Crippen molar-refractivity contribution in [2.75, 3.05) is 17.4 Å². The Kier molecular flexibility index (Phi) is 8.37. The minimum Gasteiger partial charge on any atom is -0.504 e. The number of rotatable bonds is 7. The molecule has 262 valence electrons. The van der Waals surface area contributed by atoms with Gasteiger partial charge in [0.2, 0.25) is 11.8 Å². The normalized spacial score (nSPS) is 26.7. The topological polar surface area (TPSA) is 116 Å². The lowest BCUT2D eigenvalue weighted by molar-refractivity contribution is -0.139. The maximum atomic E-state index is 15.2. The van der Waals surface area contributed by atoms with Gasteiger partial charge in [-0.15, -0.1) is 0 Å². The van der Waals surface area contributed by atoms with E-state index >= 15 is 4.79 Å². The number of aromatic hydroxyl groups is 1. The minimum absolute atomic E-state index is 0.00615. The maximum Gasteiger partial charge on any atom is 0.260 e. The molecule has 2 N–H and O–H groups in total. The van der Waals surface area contributed by atoms with Gasteiger partial charge in [0, 0.05) is 10.4 Å². The maximum absolute atomic E-state index is 15.2. The van der Waals surface area contributed by atoms with Crippen LogP contribution in [0.1, 0.15) is 29.5 Å². The van der Waals surface area contributed by atoms with Gasteiger partial charge in [0.05, 0.1) is 41.7 Å². The number of hydrogen-bond acceptors (Lipinski definition) is 7. The minimum atomic E-state index is -1.36. The number of methoxy groups -OCH3 is 1. The number of carbonyl (C=O) groups is 4. The van der Waals surface area contributed by atoms with Gasteiger partial charge in [0.25, 0.3) is 11.8 Å². The van der Waals surface area contributed by atoms with Gasteiger partial charge >= 0.3 is 0 Å². The molecule has 3 fully saturated rings. The van der Waals surface area contributed by atoms with E-state index in [0.29, 0.717) is 34.7 Å². The fourth-order valence-corrected chi connectivity index (χ4v) is 9.11. The van der Waals surface area contributed by atoms with Crippen LogP contribution in [0.25, 0.3) is 6.08 Å². The van der Waals surface area contributed by atoms with E-state index in [1.54, 1.807) is 42.5 Å². The third-order valence-electron chi connectivity index (χ3n) is 11.2. The predicted molar refractivity (Wildman–Crippen MR) is 200 cm³/mol. The fraction of sp³-hybridized carbons (Fsp3) is 0.238. The first-order chi connectivity index (χ1) is 25.1. The molecule has 0 radical (unpaired) electrons. The second-order valence-electron chi connectivity index (χ2n) is 13.9. The number of amides is 4. The number of benzene rings is 4. The van der Waals surface area contributed by atoms with Crippen molar-refractivity contribution in [2.45, 2.75) is 25.2 Å². The molecule has 10 heteroatoms. The van der Waals surface area contributed by atoms with Crippen molar-refractivity contribution in [2.24, 2.45) is 29.6 Å². The number of halogens is 1. The average Bonchev–Trinajstić information content (AvgIpc) is 3.54. The molecule has 4 aliphatic rings. The van der Waals surface area contributed by atoms with Crippen LogP contribution in [0, 0.1) is 36.5 Å². The van der Waals surface area contributed by atoms with E-state index in [2.05, 4.69) is 21.4 Å². The van der Waals surface area contributed by atoms with Gasteiger partial charge in [-0.2, -0.15) is 5.01 Å². The summed E-state index contributed by atoms with van der Waals surface area (Å²) >= 11 is 3.44. The van der Waals surface area contributed by atoms with Crippen molar-refractivity contribution >= 4 is 57.0 Å². The van der Waals surface area contributed by atoms with E-state index in [1.165, 1.54) is 12.0 Å². The monoisotopic (exact) mass is 757 g/mol. The summed E-state index contributed by atoms with van der Waals surface area (Å²) in [6.07, 6.45) is 6.38. The third-order valence-corrected chi connectivity index (χ3v) is 11.8. The highest BCUT2D eigenvalue weighted by Gasteiger charge is 2.69. The first-order valence-corrected chi connectivity index (χ1v) is 18.1. The lowest BCUT2D eigenvalue weighted by Crippen LogP contribution is -2.54. The van der Waals surface area contributed by atoms with Crippen LogP contribution in [0.5, 0.6) is 11.5 Å². The molecule has 0 spiro atoms. The average molecular weight is 759 g/mol. The van der Waals surface area contributed by atoms with Crippen molar-refractivity contribution in [3.8, 4) is 11.5 Å². The lowest BCUT2D eigenvalue weighted by atomic mass is 9.50. The van der Waals surface area contributed by atoms with E-state index in [4.69, 9.17) is 4.74 Å². The number of anilines is 2. The fourth-order valence-electron chi connectivity index (χ4n) is 8.84. The van der Waals surface area contributed by atoms with Crippen molar-refractivity contribution < 1.29 is 29.0 Å². The highest BCUT2D eigenvalue weighted by atomic mass is 79.9. The summed E-state index contributed by atoms with van der Waals surface area (Å²) in [6, 6.07) is 29.0. The Labute approximate surface area is 309 Å². The van der Waals surface area contributed by atoms with Crippen LogP contribution in [0.15, 0.2) is 119 Å². The number of allylic oxidation sites excluding steroid dienone is 3. The van der Waals surface area contributed by atoms with Gasteiger partial charge < -0.3 is 9.84 Å². The molecule has 6 unspecified atom stereocenters. The number of imide groups is 2. The Morgan fingerprint density at radius 3 is 2.33 bits per heavy atom. The van der Waals surface area contributed by atoms with Gasteiger partial charge in [-0.25, -0.2) is 0 Å². The standard InChI is InChI=1S/C42H36BrN3O6/c1-24-8-14-28(15-9-24)44-46-39(49)34-23-32-30(18-19-31-37(32)40(50)45(38(31)48)29-16-12-27(43)13-17-29)33(20-10-25-11-21-35(47)36(22-25)52-2)42(34,41(46)51)26-6-4-3-5-7-26/h3-18,20-22,31-34,37,44,47H,19,23H2,1-2H3. The molecule has 8 rings (SSSR count). The van der Waals surface area contributed by atoms with Crippen molar-refractivity contribution in [1.29, 1.82) is 0 Å². The van der Waals surface area contributed by atoms with Crippen LogP contribution >= 0.6 is 15.9 Å². The zero-order chi connectivity index (χ0) is 36.3. The molecule has 4 aromatic rings. The number of aryl methyl sites for hydroxylation is 1. The molecule has 2 saturated heterocycles. The molecule has 6 atom stereocenters. The SMILES string of the molecule is COc1cc(C=CC2C3=CCC4C(=O)N(c5ccc(Br)cc5)C(=O)C4C3CC3C(=O)N(Nc4ccc(C)cc4)C(=O)C23c2ccccc2)ccc1O. The highest BCUT2D eigenvalue weighted by Crippen LogP contribution is 2.61. The summed E-state index contributed by atoms with van der Waals surface area (Å²) in [6.45, 7) is 1.96. The molecule has 52 heavy (non-hydrogen) atoms. The van der Waals surface area contributed by atoms with Gasteiger partial charge in [0.1, 0.15) is 0 Å². The number of nitrogens with one attached hydrogen (secondary N) is 1. The molecule has 0 bridgehead atoms. The van der Waals surface area contributed by atoms with E-state index < -0.39 is 35.0 Å². The molecule has 4 aromatic carbocycles. The predicted octanol–water partition coefficient (Wildman–Crippen LogP) is 7.21. The molecule has 2 heterocycles. The quantitative estimate of drug-likeness (QED) is 0.151. The molecule has 9 nitrogen and oxygen atoms in total. The number of hydrazine groups is 1. The zero-order valence-corrected chi connectivity index (χ0v) is 30.1. The number of phenols is 1. The number of phenolic OH excluding ortho intramolecular Hbond substituents is 1. The Morgan fingerprint density at radius 1 is 0.885 bits per heavy atom. The Hall–Kier alpha value is -5.48. The number of hydrogen-bond donors (Lipinski definition) is 2. The first-order valence-electron chi connectivity index (χ1n) is 17.3. The smallest absolute Gasteiger partial charge is 0.260 e. The van der Waals surface area contributed by atoms with Gasteiger partial charge in [-0.1, -0.05) is 93.8 Å². The molecule has 2 aliphatic heterocycles. The van der Waals surface area contributed by atoms with Crippen LogP contribution in [0.3, 0.4) is 0 Å². The second kappa shape index (κ2) is 12.9. The first kappa shape index (κ1) is 33.7. The van der Waals surface area contributed by atoms with E-state index in [-0.39, 0.29) is 35.8 Å². The molecule has 1 saturated carbocycles. The Morgan fingerprint density at radius 2 is 1.62 bits per heavy atom. The van der Waals surface area contributed by atoms with Crippen LogP contribution in [-0.2, 0) is 24.6 Å². The number of nitrogens with zero attached hydrogens (tertiary/aromatic N) is 2. The van der Waals surface area contributed by atoms with E-state index in [9.17, 15) is 19.5 Å². The number of carbonyl (C=O) groups excluding carboxylic acids is 4. The summed E-state index contributed by atoms with van der Waals surface area (Å²) in [5.74, 6) is -4.31. The summed E-state index contributed by atoms with van der Waals surface area (Å²) in [4.78, 5) is 59.7. The van der Waals surface area contributed by atoms with Crippen molar-refractivity contribution in [3.05, 3.63) is 136 Å². The largest absolute Gasteiger partial charge is 0.504 e. The van der Waals surface area contributed by atoms with Gasteiger partial charge in [-0.3, -0.25) is 29.5 Å². The van der Waals surface area contributed by atoms with Gasteiger partial charge in [0.15, 0.2) is 11.5 Å². The highest BCUT2D eigenvalue weighted by molar-refractivity contribution is 9.10. The third kappa shape index (κ3) is 5.19. The number of fused-ring (bicyclic) bond motifs is 4. The summed E-state index contributed by atoms with van der Waals surface area (Å²) in [5, 5.41) is 11.4. The Balaban J connectivity index is 1.29. The summed E-state index contributed by atoms with van der Waals surface area (Å²) in [5.41, 5.74) is 6.16. The van der Waals surface area contributed by atoms with Crippen LogP contribution < -0.4 is 15.1 Å². The number of ether oxygens (including phenoxy) is 1. The van der Waals surface area contributed by atoms with Crippen molar-refractivity contribution in [3.63, 3.8) is 0 Å². The summed E-state index contributed by atoms with van der Waals surface area (Å²) in [7, 11) is 1.47. The summed E-state index contributed by atoms with van der Waals surface area (Å²) < 4.78 is 6.20. The van der Waals surface area contributed by atoms with Gasteiger partial charge in [-0.05, 0) is 85.3 Å². The molecular weight excluding hydrogens is 722 g/mol. The van der Waals surface area contributed by atoms with E-state index in [0.717, 1.165) is 20.6 Å². The Bertz CT molecular complexity index is 2170. The van der Waals surface area contributed by atoms with Crippen LogP contribution in [-0.4, -0.2) is 40.9 Å². The molecule has 2 aliphatic carbocycles. The molecule has 4 amide bonds. The van der Waals surface area contributed by atoms with Crippen LogP contribution in [0.2, 0.25) is 0 Å². The van der Waals surface area contributed by atoms with E-state index in [1.807, 2.05) is 79.7 Å². The van der Waals surface area contributed by atoms with Crippen molar-refractivity contribution in [1.82, 2.24) is 5.01 Å². The molecule has 0 aromatic heterocycles. The molecular formula is C42H36BrN3O6. The lowest BCUT2D eigenvalue weighted by Gasteiger charge is -2.49. The zero-order valence-electron chi connectivity index (χ0n) is 28.5. The van der Waals surface area contributed by atoms with Crippen LogP contribution in [0.4, 0.5) is 11.4 Å². The second-order valence-corrected chi connectivity index (χ2v) is 14.8.